The van der Waals surface area contributed by atoms with Gasteiger partial charge in [-0.2, -0.15) is 13.2 Å². The Morgan fingerprint density at radius 2 is 1.85 bits per heavy atom. The van der Waals surface area contributed by atoms with Crippen LogP contribution < -0.4 is 4.90 Å². The molecule has 27 heavy (non-hydrogen) atoms. The van der Waals surface area contributed by atoms with Crippen LogP contribution in [0, 0.1) is 0 Å². The van der Waals surface area contributed by atoms with E-state index in [1.54, 1.807) is 11.0 Å². The average Bonchev–Trinajstić information content (AvgIpc) is 2.67. The van der Waals surface area contributed by atoms with Gasteiger partial charge in [-0.25, -0.2) is 0 Å². The highest BCUT2D eigenvalue weighted by Crippen LogP contribution is 2.31. The monoisotopic (exact) mass is 378 g/mol. The highest BCUT2D eigenvalue weighted by atomic mass is 19.4. The summed E-state index contributed by atoms with van der Waals surface area (Å²) in [5, 5.41) is 0. The first kappa shape index (κ1) is 19.2. The predicted octanol–water partition coefficient (Wildman–Crippen LogP) is 3.99. The van der Waals surface area contributed by atoms with Crippen LogP contribution in [0.25, 0.3) is 0 Å². The van der Waals surface area contributed by atoms with Crippen molar-refractivity contribution >= 4 is 11.6 Å². The van der Waals surface area contributed by atoms with E-state index in [0.717, 1.165) is 17.8 Å². The van der Waals surface area contributed by atoms with Crippen LogP contribution in [0.2, 0.25) is 0 Å². The zero-order chi connectivity index (χ0) is 19.6. The van der Waals surface area contributed by atoms with Crippen LogP contribution in [0.15, 0.2) is 48.5 Å². The fraction of sp³-hybridized carbons (Fsp3) is 0.350. The number of carbonyl (C=O) groups is 1. The zero-order valence-electron chi connectivity index (χ0n) is 15.2. The molecule has 0 spiro atoms. The van der Waals surface area contributed by atoms with Crippen molar-refractivity contribution in [3.63, 3.8) is 0 Å². The molecule has 1 heterocycles. The second-order valence-electron chi connectivity index (χ2n) is 6.68. The van der Waals surface area contributed by atoms with E-state index in [9.17, 15) is 18.0 Å². The Morgan fingerprint density at radius 1 is 1.15 bits per heavy atom. The molecule has 1 aliphatic rings. The quantitative estimate of drug-likeness (QED) is 0.810. The number of hydrogen-bond donors (Lipinski definition) is 0. The molecular formula is C20H21F3N2O2. The van der Waals surface area contributed by atoms with Gasteiger partial charge in [-0.3, -0.25) is 4.79 Å². The molecule has 3 rings (SSSR count). The van der Waals surface area contributed by atoms with Gasteiger partial charge < -0.3 is 14.5 Å². The molecule has 1 fully saturated rings. The van der Waals surface area contributed by atoms with Crippen LogP contribution >= 0.6 is 0 Å². The SMILES string of the molecule is CN(C)c1cccc(C(=O)N2CCOC(c3ccc(C(F)(F)F)cc3)C2)c1. The van der Waals surface area contributed by atoms with E-state index in [0.29, 0.717) is 30.8 Å². The summed E-state index contributed by atoms with van der Waals surface area (Å²) in [6, 6.07) is 12.2. The fourth-order valence-electron chi connectivity index (χ4n) is 3.02. The number of alkyl halides is 3. The summed E-state index contributed by atoms with van der Waals surface area (Å²) < 4.78 is 43.8. The van der Waals surface area contributed by atoms with Crippen LogP contribution in [-0.4, -0.2) is 44.6 Å². The Bertz CT molecular complexity index is 804. The highest BCUT2D eigenvalue weighted by molar-refractivity contribution is 5.95. The maximum atomic E-state index is 12.8. The molecule has 1 unspecified atom stereocenters. The molecular weight excluding hydrogens is 357 g/mol. The first-order valence-corrected chi connectivity index (χ1v) is 8.61. The minimum Gasteiger partial charge on any atom is -0.378 e. The number of hydrogen-bond acceptors (Lipinski definition) is 3. The third kappa shape index (κ3) is 4.42. The van der Waals surface area contributed by atoms with Crippen molar-refractivity contribution in [2.24, 2.45) is 0 Å². The zero-order valence-corrected chi connectivity index (χ0v) is 15.2. The third-order valence-corrected chi connectivity index (χ3v) is 4.57. The summed E-state index contributed by atoms with van der Waals surface area (Å²) in [6.45, 7) is 1.09. The molecule has 7 heteroatoms. The summed E-state index contributed by atoms with van der Waals surface area (Å²) in [4.78, 5) is 16.4. The number of benzene rings is 2. The molecule has 1 amide bonds. The molecule has 0 bridgehead atoms. The van der Waals surface area contributed by atoms with Crippen LogP contribution in [0.5, 0.6) is 0 Å². The lowest BCUT2D eigenvalue weighted by Gasteiger charge is -2.33. The van der Waals surface area contributed by atoms with Crippen LogP contribution in [0.3, 0.4) is 0 Å². The standard InChI is InChI=1S/C20H21F3N2O2/c1-24(2)17-5-3-4-15(12-17)19(26)25-10-11-27-18(13-25)14-6-8-16(9-7-14)20(21,22)23/h3-9,12,18H,10-11,13H2,1-2H3. The number of carbonyl (C=O) groups excluding carboxylic acids is 1. The van der Waals surface area contributed by atoms with Crippen molar-refractivity contribution < 1.29 is 22.7 Å². The topological polar surface area (TPSA) is 32.8 Å². The second-order valence-corrected chi connectivity index (χ2v) is 6.68. The van der Waals surface area contributed by atoms with Crippen LogP contribution in [-0.2, 0) is 10.9 Å². The minimum absolute atomic E-state index is 0.112. The maximum Gasteiger partial charge on any atom is 0.416 e. The van der Waals surface area contributed by atoms with Crippen molar-refractivity contribution in [3.8, 4) is 0 Å². The van der Waals surface area contributed by atoms with Gasteiger partial charge in [0.15, 0.2) is 0 Å². The largest absolute Gasteiger partial charge is 0.416 e. The van der Waals surface area contributed by atoms with Gasteiger partial charge in [-0.1, -0.05) is 18.2 Å². The lowest BCUT2D eigenvalue weighted by molar-refractivity contribution is -0.137. The van der Waals surface area contributed by atoms with E-state index >= 15 is 0 Å². The fourth-order valence-corrected chi connectivity index (χ4v) is 3.02. The van der Waals surface area contributed by atoms with Gasteiger partial charge in [0.05, 0.1) is 18.7 Å². The van der Waals surface area contributed by atoms with E-state index in [4.69, 9.17) is 4.74 Å². The summed E-state index contributed by atoms with van der Waals surface area (Å²) in [5.41, 5.74) is 1.43. The van der Waals surface area contributed by atoms with Gasteiger partial charge in [0, 0.05) is 31.9 Å². The van der Waals surface area contributed by atoms with Crippen molar-refractivity contribution in [2.75, 3.05) is 38.7 Å². The Balaban J connectivity index is 1.74. The summed E-state index contributed by atoms with van der Waals surface area (Å²) in [7, 11) is 3.80. The van der Waals surface area contributed by atoms with Crippen molar-refractivity contribution in [3.05, 3.63) is 65.2 Å². The normalized spacial score (nSPS) is 17.7. The lowest BCUT2D eigenvalue weighted by Crippen LogP contribution is -2.42. The Labute approximate surface area is 156 Å². The lowest BCUT2D eigenvalue weighted by atomic mass is 10.0. The maximum absolute atomic E-state index is 12.8. The molecule has 1 aliphatic heterocycles. The van der Waals surface area contributed by atoms with E-state index < -0.39 is 17.8 Å². The highest BCUT2D eigenvalue weighted by Gasteiger charge is 2.31. The number of halogens is 3. The van der Waals surface area contributed by atoms with Crippen molar-refractivity contribution in [1.29, 1.82) is 0 Å². The predicted molar refractivity (Wildman–Crippen MR) is 96.8 cm³/mol. The third-order valence-electron chi connectivity index (χ3n) is 4.57. The van der Waals surface area contributed by atoms with Gasteiger partial charge in [-0.15, -0.1) is 0 Å². The molecule has 2 aromatic rings. The molecule has 0 N–H and O–H groups in total. The Kier molecular flexibility index (Phi) is 5.41. The Morgan fingerprint density at radius 3 is 2.48 bits per heavy atom. The van der Waals surface area contributed by atoms with Crippen molar-refractivity contribution in [1.82, 2.24) is 4.90 Å². The average molecular weight is 378 g/mol. The van der Waals surface area contributed by atoms with Crippen molar-refractivity contribution in [2.45, 2.75) is 12.3 Å². The van der Waals surface area contributed by atoms with E-state index in [2.05, 4.69) is 0 Å². The molecule has 2 aromatic carbocycles. The van der Waals surface area contributed by atoms with Gasteiger partial charge in [0.1, 0.15) is 6.10 Å². The molecule has 1 atom stereocenters. The smallest absolute Gasteiger partial charge is 0.378 e. The van der Waals surface area contributed by atoms with Gasteiger partial charge in [0.25, 0.3) is 5.91 Å². The molecule has 0 saturated carbocycles. The van der Waals surface area contributed by atoms with E-state index in [1.807, 2.05) is 37.2 Å². The van der Waals surface area contributed by atoms with E-state index in [-0.39, 0.29) is 5.91 Å². The summed E-state index contributed by atoms with van der Waals surface area (Å²) in [5.74, 6) is -0.112. The number of morpholine rings is 1. The number of nitrogens with zero attached hydrogens (tertiary/aromatic N) is 2. The number of amides is 1. The van der Waals surface area contributed by atoms with Crippen LogP contribution in [0.1, 0.15) is 27.6 Å². The van der Waals surface area contributed by atoms with Crippen LogP contribution in [0.4, 0.5) is 18.9 Å². The molecule has 0 aromatic heterocycles. The van der Waals surface area contributed by atoms with Gasteiger partial charge in [0.2, 0.25) is 0 Å². The molecule has 0 radical (unpaired) electrons. The number of rotatable bonds is 3. The number of anilines is 1. The first-order valence-electron chi connectivity index (χ1n) is 8.61. The van der Waals surface area contributed by atoms with Gasteiger partial charge in [-0.05, 0) is 35.9 Å². The Hall–Kier alpha value is -2.54. The second kappa shape index (κ2) is 7.60. The minimum atomic E-state index is -4.37. The molecule has 144 valence electrons. The van der Waals surface area contributed by atoms with Gasteiger partial charge >= 0.3 is 6.18 Å². The molecule has 0 aliphatic carbocycles. The van der Waals surface area contributed by atoms with E-state index in [1.165, 1.54) is 12.1 Å². The first-order chi connectivity index (χ1) is 12.8. The summed E-state index contributed by atoms with van der Waals surface area (Å²) >= 11 is 0. The number of ether oxygens (including phenoxy) is 1. The summed E-state index contributed by atoms with van der Waals surface area (Å²) in [6.07, 6.45) is -4.81. The molecule has 4 nitrogen and oxygen atoms in total. The molecule has 1 saturated heterocycles.